The smallest absolute Gasteiger partial charge is 0.227 e. The van der Waals surface area contributed by atoms with Crippen molar-refractivity contribution in [1.82, 2.24) is 4.90 Å². The minimum Gasteiger partial charge on any atom is -0.496 e. The van der Waals surface area contributed by atoms with E-state index in [1.165, 1.54) is 18.4 Å². The van der Waals surface area contributed by atoms with E-state index in [4.69, 9.17) is 4.74 Å². The summed E-state index contributed by atoms with van der Waals surface area (Å²) in [5.74, 6) is 1.60. The van der Waals surface area contributed by atoms with Gasteiger partial charge in [-0.15, -0.1) is 0 Å². The van der Waals surface area contributed by atoms with Gasteiger partial charge in [-0.25, -0.2) is 0 Å². The van der Waals surface area contributed by atoms with Gasteiger partial charge < -0.3 is 9.64 Å². The van der Waals surface area contributed by atoms with E-state index in [0.29, 0.717) is 18.9 Å². The molecule has 0 aromatic heterocycles. The minimum absolute atomic E-state index is 0.169. The van der Waals surface area contributed by atoms with Gasteiger partial charge in [0.1, 0.15) is 5.75 Å². The molecular weight excluding hydrogens is 298 g/mol. The number of methoxy groups -OCH3 is 1. The fourth-order valence-electron chi connectivity index (χ4n) is 3.19. The van der Waals surface area contributed by atoms with Crippen molar-refractivity contribution >= 4 is 5.91 Å². The predicted molar refractivity (Wildman–Crippen MR) is 95.9 cm³/mol. The molecule has 0 radical (unpaired) electrons. The van der Waals surface area contributed by atoms with Crippen molar-refractivity contribution in [2.45, 2.75) is 38.8 Å². The Balaban J connectivity index is 1.77. The molecule has 1 amide bonds. The van der Waals surface area contributed by atoms with Crippen LogP contribution in [0.2, 0.25) is 0 Å². The number of amides is 1. The van der Waals surface area contributed by atoms with E-state index in [1.807, 2.05) is 47.4 Å². The average molecular weight is 323 g/mol. The molecule has 1 aliphatic carbocycles. The monoisotopic (exact) mass is 323 g/mol. The highest BCUT2D eigenvalue weighted by molar-refractivity contribution is 5.80. The summed E-state index contributed by atoms with van der Waals surface area (Å²) in [5, 5.41) is 0. The minimum atomic E-state index is 0.169. The Bertz CT molecular complexity index is 679. The lowest BCUT2D eigenvalue weighted by molar-refractivity contribution is -0.133. The van der Waals surface area contributed by atoms with Gasteiger partial charge in [0, 0.05) is 18.2 Å². The third-order valence-electron chi connectivity index (χ3n) is 4.85. The molecule has 2 aromatic rings. The van der Waals surface area contributed by atoms with Gasteiger partial charge in [0.2, 0.25) is 5.91 Å². The van der Waals surface area contributed by atoms with Gasteiger partial charge >= 0.3 is 0 Å². The van der Waals surface area contributed by atoms with E-state index in [0.717, 1.165) is 11.3 Å². The molecule has 0 aliphatic heterocycles. The van der Waals surface area contributed by atoms with E-state index < -0.39 is 0 Å². The van der Waals surface area contributed by atoms with Crippen LogP contribution in [0.15, 0.2) is 54.6 Å². The Morgan fingerprint density at radius 3 is 2.46 bits per heavy atom. The first-order valence-electron chi connectivity index (χ1n) is 8.64. The second-order valence-corrected chi connectivity index (χ2v) is 6.57. The van der Waals surface area contributed by atoms with Crippen LogP contribution in [0.4, 0.5) is 0 Å². The van der Waals surface area contributed by atoms with Gasteiger partial charge in [0.25, 0.3) is 0 Å². The first-order valence-corrected chi connectivity index (χ1v) is 8.64. The van der Waals surface area contributed by atoms with Gasteiger partial charge in [0.05, 0.1) is 13.5 Å². The van der Waals surface area contributed by atoms with Crippen molar-refractivity contribution in [2.75, 3.05) is 7.11 Å². The van der Waals surface area contributed by atoms with Crippen LogP contribution in [0.25, 0.3) is 0 Å². The molecule has 1 fully saturated rings. The molecule has 3 nitrogen and oxygen atoms in total. The molecule has 0 bridgehead atoms. The van der Waals surface area contributed by atoms with E-state index in [9.17, 15) is 4.79 Å². The topological polar surface area (TPSA) is 29.5 Å². The molecule has 0 spiro atoms. The van der Waals surface area contributed by atoms with Crippen LogP contribution in [0.5, 0.6) is 5.75 Å². The lowest BCUT2D eigenvalue weighted by atomic mass is 10.1. The maximum Gasteiger partial charge on any atom is 0.227 e. The molecule has 1 atom stereocenters. The number of rotatable bonds is 7. The van der Waals surface area contributed by atoms with Crippen molar-refractivity contribution in [3.8, 4) is 5.75 Å². The molecule has 126 valence electrons. The molecule has 1 unspecified atom stereocenters. The highest BCUT2D eigenvalue weighted by Gasteiger charge is 2.34. The van der Waals surface area contributed by atoms with E-state index in [2.05, 4.69) is 19.1 Å². The SMILES string of the molecule is COc1ccccc1CC(=O)N(Cc1ccccc1)C(C)C1CC1. The summed E-state index contributed by atoms with van der Waals surface area (Å²) in [6.07, 6.45) is 2.84. The van der Waals surface area contributed by atoms with Crippen LogP contribution in [0.3, 0.4) is 0 Å². The van der Waals surface area contributed by atoms with E-state index >= 15 is 0 Å². The molecule has 24 heavy (non-hydrogen) atoms. The number of benzene rings is 2. The van der Waals surface area contributed by atoms with E-state index in [-0.39, 0.29) is 11.9 Å². The number of hydrogen-bond acceptors (Lipinski definition) is 2. The molecule has 0 N–H and O–H groups in total. The molecule has 0 heterocycles. The number of carbonyl (C=O) groups is 1. The zero-order valence-electron chi connectivity index (χ0n) is 14.4. The maximum atomic E-state index is 13.0. The van der Waals surface area contributed by atoms with Gasteiger partial charge in [-0.2, -0.15) is 0 Å². The van der Waals surface area contributed by atoms with Gasteiger partial charge in [-0.3, -0.25) is 4.79 Å². The van der Waals surface area contributed by atoms with Crippen molar-refractivity contribution in [3.63, 3.8) is 0 Å². The predicted octanol–water partition coefficient (Wildman–Crippen LogP) is 4.07. The summed E-state index contributed by atoms with van der Waals surface area (Å²) in [7, 11) is 1.65. The summed E-state index contributed by atoms with van der Waals surface area (Å²) in [6, 6.07) is 18.3. The summed E-state index contributed by atoms with van der Waals surface area (Å²) in [6.45, 7) is 2.85. The Morgan fingerprint density at radius 1 is 1.12 bits per heavy atom. The fraction of sp³-hybridized carbons (Fsp3) is 0.381. The summed E-state index contributed by atoms with van der Waals surface area (Å²) in [4.78, 5) is 15.1. The number of carbonyl (C=O) groups excluding carboxylic acids is 1. The third kappa shape index (κ3) is 3.97. The summed E-state index contributed by atoms with van der Waals surface area (Å²) >= 11 is 0. The zero-order chi connectivity index (χ0) is 16.9. The van der Waals surface area contributed by atoms with Crippen LogP contribution >= 0.6 is 0 Å². The van der Waals surface area contributed by atoms with Crippen molar-refractivity contribution < 1.29 is 9.53 Å². The first-order chi connectivity index (χ1) is 11.7. The molecule has 3 rings (SSSR count). The molecule has 0 saturated heterocycles. The highest BCUT2D eigenvalue weighted by Crippen LogP contribution is 2.36. The quantitative estimate of drug-likeness (QED) is 0.769. The van der Waals surface area contributed by atoms with Crippen molar-refractivity contribution in [2.24, 2.45) is 5.92 Å². The Morgan fingerprint density at radius 2 is 1.79 bits per heavy atom. The first kappa shape index (κ1) is 16.6. The van der Waals surface area contributed by atoms with Crippen LogP contribution < -0.4 is 4.74 Å². The van der Waals surface area contributed by atoms with Gasteiger partial charge in [-0.1, -0.05) is 48.5 Å². The van der Waals surface area contributed by atoms with Crippen molar-refractivity contribution in [1.29, 1.82) is 0 Å². The largest absolute Gasteiger partial charge is 0.496 e. The van der Waals surface area contributed by atoms with Crippen LogP contribution in [-0.4, -0.2) is 24.0 Å². The maximum absolute atomic E-state index is 13.0. The summed E-state index contributed by atoms with van der Waals surface area (Å²) < 4.78 is 5.39. The fourth-order valence-corrected chi connectivity index (χ4v) is 3.19. The van der Waals surface area contributed by atoms with Gasteiger partial charge in [0.15, 0.2) is 0 Å². The zero-order valence-corrected chi connectivity index (χ0v) is 14.4. The normalized spacial score (nSPS) is 14.9. The Labute approximate surface area is 144 Å². The number of hydrogen-bond donors (Lipinski definition) is 0. The molecular formula is C21H25NO2. The molecule has 1 aliphatic rings. The highest BCUT2D eigenvalue weighted by atomic mass is 16.5. The molecule has 1 saturated carbocycles. The van der Waals surface area contributed by atoms with Crippen LogP contribution in [0.1, 0.15) is 30.9 Å². The van der Waals surface area contributed by atoms with E-state index in [1.54, 1.807) is 7.11 Å². The third-order valence-corrected chi connectivity index (χ3v) is 4.85. The Hall–Kier alpha value is -2.29. The Kier molecular flexibility index (Phi) is 5.19. The molecule has 3 heteroatoms. The average Bonchev–Trinajstić information content (AvgIpc) is 3.45. The van der Waals surface area contributed by atoms with Crippen LogP contribution in [-0.2, 0) is 17.8 Å². The lowest BCUT2D eigenvalue weighted by Crippen LogP contribution is -2.40. The molecule has 2 aromatic carbocycles. The number of nitrogens with zero attached hydrogens (tertiary/aromatic N) is 1. The second kappa shape index (κ2) is 7.52. The number of ether oxygens (including phenoxy) is 1. The second-order valence-electron chi connectivity index (χ2n) is 6.57. The summed E-state index contributed by atoms with van der Waals surface area (Å²) in [5.41, 5.74) is 2.13. The lowest BCUT2D eigenvalue weighted by Gasteiger charge is -2.30. The number of para-hydroxylation sites is 1. The van der Waals surface area contributed by atoms with Gasteiger partial charge in [-0.05, 0) is 37.3 Å². The standard InChI is InChI=1S/C21H25NO2/c1-16(18-12-13-18)22(15-17-8-4-3-5-9-17)21(23)14-19-10-6-7-11-20(19)24-2/h3-11,16,18H,12-15H2,1-2H3. The van der Waals surface area contributed by atoms with Crippen molar-refractivity contribution in [3.05, 3.63) is 65.7 Å². The van der Waals surface area contributed by atoms with Crippen LogP contribution in [0, 0.1) is 5.92 Å².